The fourth-order valence-electron chi connectivity index (χ4n) is 4.52. The van der Waals surface area contributed by atoms with Crippen molar-refractivity contribution in [3.63, 3.8) is 0 Å². The van der Waals surface area contributed by atoms with Crippen molar-refractivity contribution >= 4 is 63.8 Å². The van der Waals surface area contributed by atoms with Crippen molar-refractivity contribution in [3.8, 4) is 11.3 Å². The van der Waals surface area contributed by atoms with Crippen molar-refractivity contribution in [2.75, 3.05) is 41.3 Å². The number of nitrogens with one attached hydrogen (secondary N) is 1. The van der Waals surface area contributed by atoms with Gasteiger partial charge < -0.3 is 19.5 Å². The van der Waals surface area contributed by atoms with E-state index in [0.29, 0.717) is 38.5 Å². The fourth-order valence-corrected chi connectivity index (χ4v) is 5.34. The summed E-state index contributed by atoms with van der Waals surface area (Å²) >= 11 is 18.5. The van der Waals surface area contributed by atoms with Crippen molar-refractivity contribution in [3.05, 3.63) is 105 Å². The molecule has 5 nitrogen and oxygen atoms in total. The Labute approximate surface area is 251 Å². The lowest BCUT2D eigenvalue weighted by Gasteiger charge is -2.38. The molecule has 218 valence electrons. The molecule has 42 heavy (non-hydrogen) atoms. The van der Waals surface area contributed by atoms with Crippen LogP contribution in [0.15, 0.2) is 59.0 Å². The number of carbonyl (C=O) groups excluding carboxylic acids is 1. The van der Waals surface area contributed by atoms with Crippen LogP contribution in [0.3, 0.4) is 0 Å². The highest BCUT2D eigenvalue weighted by Gasteiger charge is 2.31. The maximum atomic E-state index is 14.2. The molecule has 1 aliphatic rings. The van der Waals surface area contributed by atoms with E-state index in [-0.39, 0.29) is 31.2 Å². The van der Waals surface area contributed by atoms with Gasteiger partial charge >= 0.3 is 0 Å². The second kappa shape index (κ2) is 12.2. The summed E-state index contributed by atoms with van der Waals surface area (Å²) in [6, 6.07) is 13.2. The second-order valence-electron chi connectivity index (χ2n) is 9.24. The molecule has 0 radical (unpaired) electrons. The summed E-state index contributed by atoms with van der Waals surface area (Å²) in [5.41, 5.74) is 0.715. The summed E-state index contributed by atoms with van der Waals surface area (Å²) in [6.45, 7) is 0.355. The van der Waals surface area contributed by atoms with Gasteiger partial charge in [0.25, 0.3) is 0 Å². The Hall–Kier alpha value is -3.73. The number of anilines is 3. The predicted molar refractivity (Wildman–Crippen MR) is 154 cm³/mol. The summed E-state index contributed by atoms with van der Waals surface area (Å²) in [6.07, 6.45) is 2.78. The molecule has 1 aliphatic heterocycles. The minimum atomic E-state index is -2.20. The lowest BCUT2D eigenvalue weighted by Crippen LogP contribution is -2.47. The van der Waals surface area contributed by atoms with Crippen LogP contribution >= 0.6 is 34.8 Å². The maximum Gasteiger partial charge on any atom is 0.248 e. The molecular formula is C29H19Cl3F5N3O2. The van der Waals surface area contributed by atoms with Crippen LogP contribution in [-0.2, 0) is 4.79 Å². The molecule has 0 spiro atoms. The molecule has 0 bridgehead atoms. The van der Waals surface area contributed by atoms with Crippen LogP contribution < -0.4 is 15.1 Å². The molecule has 0 aliphatic carbocycles. The molecular weight excluding hydrogens is 624 g/mol. The number of hydrogen-bond acceptors (Lipinski definition) is 4. The zero-order valence-corrected chi connectivity index (χ0v) is 23.6. The maximum absolute atomic E-state index is 14.2. The number of carbonyl (C=O) groups is 1. The van der Waals surface area contributed by atoms with E-state index in [9.17, 15) is 26.7 Å². The molecule has 0 atom stereocenters. The average molecular weight is 643 g/mol. The number of amides is 1. The molecule has 2 heterocycles. The van der Waals surface area contributed by atoms with Gasteiger partial charge in [0.15, 0.2) is 23.3 Å². The van der Waals surface area contributed by atoms with Crippen LogP contribution in [0.25, 0.3) is 17.4 Å². The quantitative estimate of drug-likeness (QED) is 0.0991. The monoisotopic (exact) mass is 641 g/mol. The SMILES string of the molecule is O=C(/C=C/c1ccc(-c2cc(Cl)cc(Cl)c2)o1)Nc1ccc(N2CCN(c3c(F)c(F)c(F)c(F)c3F)CC2)c(Cl)c1. The van der Waals surface area contributed by atoms with Crippen LogP contribution in [0.4, 0.5) is 39.0 Å². The van der Waals surface area contributed by atoms with Crippen molar-refractivity contribution in [2.45, 2.75) is 0 Å². The molecule has 0 saturated carbocycles. The fraction of sp³-hybridized carbons (Fsp3) is 0.138. The first kappa shape index (κ1) is 29.8. The molecule has 1 saturated heterocycles. The largest absolute Gasteiger partial charge is 0.457 e. The number of nitrogens with zero attached hydrogens (tertiary/aromatic N) is 2. The van der Waals surface area contributed by atoms with Crippen LogP contribution in [-0.4, -0.2) is 32.1 Å². The van der Waals surface area contributed by atoms with Gasteiger partial charge in [-0.25, -0.2) is 22.0 Å². The molecule has 1 aromatic heterocycles. The van der Waals surface area contributed by atoms with Crippen molar-refractivity contribution in [1.82, 2.24) is 0 Å². The molecule has 1 N–H and O–H groups in total. The normalized spacial score (nSPS) is 13.7. The van der Waals surface area contributed by atoms with Gasteiger partial charge in [0, 0.05) is 53.6 Å². The highest BCUT2D eigenvalue weighted by molar-refractivity contribution is 6.35. The van der Waals surface area contributed by atoms with Gasteiger partial charge in [-0.3, -0.25) is 4.79 Å². The Kier molecular flexibility index (Phi) is 8.68. The Balaban J connectivity index is 1.20. The van der Waals surface area contributed by atoms with E-state index in [4.69, 9.17) is 39.2 Å². The van der Waals surface area contributed by atoms with Crippen LogP contribution in [0.5, 0.6) is 0 Å². The Morgan fingerprint density at radius 2 is 1.36 bits per heavy atom. The summed E-state index contributed by atoms with van der Waals surface area (Å²) in [7, 11) is 0. The Bertz CT molecular complexity index is 1660. The van der Waals surface area contributed by atoms with E-state index in [1.54, 1.807) is 47.4 Å². The summed E-state index contributed by atoms with van der Waals surface area (Å²) in [4.78, 5) is 15.4. The molecule has 13 heteroatoms. The summed E-state index contributed by atoms with van der Waals surface area (Å²) in [5, 5.41) is 3.90. The van der Waals surface area contributed by atoms with Gasteiger partial charge in [0.05, 0.1) is 10.7 Å². The zero-order valence-electron chi connectivity index (χ0n) is 21.3. The third-order valence-corrected chi connectivity index (χ3v) is 7.25. The molecule has 5 rings (SSSR count). The van der Waals surface area contributed by atoms with Gasteiger partial charge in [-0.2, -0.15) is 0 Å². The van der Waals surface area contributed by atoms with Gasteiger partial charge in [0.1, 0.15) is 17.2 Å². The number of piperazine rings is 1. The number of hydrogen-bond donors (Lipinski definition) is 1. The van der Waals surface area contributed by atoms with E-state index < -0.39 is 40.7 Å². The molecule has 0 unspecified atom stereocenters. The first-order valence-corrected chi connectivity index (χ1v) is 13.5. The average Bonchev–Trinajstić information content (AvgIpc) is 3.44. The summed E-state index contributed by atoms with van der Waals surface area (Å²) in [5.74, 6) is -9.41. The van der Waals surface area contributed by atoms with E-state index >= 15 is 0 Å². The highest BCUT2D eigenvalue weighted by atomic mass is 35.5. The Morgan fingerprint density at radius 3 is 1.98 bits per heavy atom. The zero-order chi connectivity index (χ0) is 30.1. The van der Waals surface area contributed by atoms with E-state index in [1.165, 1.54) is 18.2 Å². The number of benzene rings is 3. The molecule has 3 aromatic carbocycles. The third kappa shape index (κ3) is 6.21. The third-order valence-electron chi connectivity index (χ3n) is 6.51. The van der Waals surface area contributed by atoms with Gasteiger partial charge in [-0.1, -0.05) is 34.8 Å². The first-order chi connectivity index (χ1) is 20.0. The van der Waals surface area contributed by atoms with Crippen LogP contribution in [0, 0.1) is 29.1 Å². The number of halogens is 8. The van der Waals surface area contributed by atoms with Gasteiger partial charge in [-0.15, -0.1) is 0 Å². The summed E-state index contributed by atoms with van der Waals surface area (Å²) < 4.78 is 74.9. The van der Waals surface area contributed by atoms with E-state index in [0.717, 1.165) is 4.90 Å². The second-order valence-corrected chi connectivity index (χ2v) is 10.5. The van der Waals surface area contributed by atoms with Crippen molar-refractivity contribution in [1.29, 1.82) is 0 Å². The molecule has 1 fully saturated rings. The first-order valence-electron chi connectivity index (χ1n) is 12.4. The van der Waals surface area contributed by atoms with Gasteiger partial charge in [0.2, 0.25) is 11.7 Å². The lowest BCUT2D eigenvalue weighted by atomic mass is 10.2. The van der Waals surface area contributed by atoms with Crippen LogP contribution in [0.2, 0.25) is 15.1 Å². The standard InChI is InChI=1S/C29H19Cl3F5N3O2/c30-16-11-15(12-17(31)13-16)22-5-2-19(42-22)3-6-23(41)38-18-1-4-21(20(32)14-18)39-7-9-40(10-8-39)29-27(36)25(34)24(33)26(35)28(29)37/h1-6,11-14H,7-10H2,(H,38,41)/b6-3+. The molecule has 1 amide bonds. The minimum absolute atomic E-state index is 0.0171. The van der Waals surface area contributed by atoms with Gasteiger partial charge in [-0.05, 0) is 54.6 Å². The topological polar surface area (TPSA) is 48.7 Å². The highest BCUT2D eigenvalue weighted by Crippen LogP contribution is 2.34. The predicted octanol–water partition coefficient (Wildman–Crippen LogP) is 8.58. The smallest absolute Gasteiger partial charge is 0.248 e. The van der Waals surface area contributed by atoms with E-state index in [2.05, 4.69) is 5.32 Å². The van der Waals surface area contributed by atoms with E-state index in [1.807, 2.05) is 0 Å². The number of furan rings is 1. The minimum Gasteiger partial charge on any atom is -0.457 e. The van der Waals surface area contributed by atoms with Crippen molar-refractivity contribution < 1.29 is 31.2 Å². The lowest BCUT2D eigenvalue weighted by molar-refractivity contribution is -0.111. The Morgan fingerprint density at radius 1 is 0.762 bits per heavy atom. The molecule has 4 aromatic rings. The van der Waals surface area contributed by atoms with Crippen molar-refractivity contribution in [2.24, 2.45) is 0 Å². The number of rotatable bonds is 6. The van der Waals surface area contributed by atoms with Crippen LogP contribution in [0.1, 0.15) is 5.76 Å².